The highest BCUT2D eigenvalue weighted by molar-refractivity contribution is 5.90. The molecule has 110 valence electrons. The third-order valence-corrected chi connectivity index (χ3v) is 5.09. The van der Waals surface area contributed by atoms with E-state index in [4.69, 9.17) is 0 Å². The summed E-state index contributed by atoms with van der Waals surface area (Å²) in [6.07, 6.45) is 10.6. The topological polar surface area (TPSA) is 46.9 Å². The minimum absolute atomic E-state index is 0.281. The number of hydrogen-bond acceptors (Lipinski definition) is 3. The molecule has 1 saturated heterocycles. The molecule has 0 aromatic carbocycles. The van der Waals surface area contributed by atoms with E-state index in [-0.39, 0.29) is 5.54 Å². The molecule has 1 aromatic rings. The Balaban J connectivity index is 1.66. The molecule has 2 heterocycles. The van der Waals surface area contributed by atoms with E-state index in [9.17, 15) is 4.79 Å². The van der Waals surface area contributed by atoms with E-state index in [0.717, 1.165) is 31.5 Å². The van der Waals surface area contributed by atoms with Crippen molar-refractivity contribution < 1.29 is 4.79 Å². The molecule has 2 aliphatic rings. The van der Waals surface area contributed by atoms with Crippen LogP contribution in [0.15, 0.2) is 12.3 Å². The summed E-state index contributed by atoms with van der Waals surface area (Å²) in [6, 6.07) is 2.58. The first-order valence-corrected chi connectivity index (χ1v) is 8.06. The highest BCUT2D eigenvalue weighted by Gasteiger charge is 2.38. The number of ketones is 1. The Morgan fingerprint density at radius 3 is 2.90 bits per heavy atom. The van der Waals surface area contributed by atoms with Crippen molar-refractivity contribution in [2.24, 2.45) is 0 Å². The summed E-state index contributed by atoms with van der Waals surface area (Å²) in [5, 5.41) is 8.05. The average molecular weight is 275 g/mol. The van der Waals surface area contributed by atoms with E-state index in [1.54, 1.807) is 0 Å². The molecular formula is C16H25N3O. The summed E-state index contributed by atoms with van der Waals surface area (Å²) in [7, 11) is 0. The van der Waals surface area contributed by atoms with Crippen LogP contribution < -0.4 is 5.32 Å². The van der Waals surface area contributed by atoms with Gasteiger partial charge in [-0.15, -0.1) is 0 Å². The number of nitrogens with zero attached hydrogens (tertiary/aromatic N) is 2. The number of carbonyl (C=O) groups excluding carboxylic acids is 1. The summed E-state index contributed by atoms with van der Waals surface area (Å²) in [5.41, 5.74) is 0.653. The third kappa shape index (κ3) is 2.53. The molecule has 1 aromatic heterocycles. The van der Waals surface area contributed by atoms with Gasteiger partial charge in [0.15, 0.2) is 5.78 Å². The van der Waals surface area contributed by atoms with Gasteiger partial charge in [-0.25, -0.2) is 0 Å². The molecule has 0 amide bonds. The lowest BCUT2D eigenvalue weighted by Crippen LogP contribution is -2.47. The summed E-state index contributed by atoms with van der Waals surface area (Å²) >= 11 is 0. The van der Waals surface area contributed by atoms with Crippen LogP contribution in [0.3, 0.4) is 0 Å². The minimum atomic E-state index is -0.281. The molecule has 0 bridgehead atoms. The van der Waals surface area contributed by atoms with Gasteiger partial charge in [0, 0.05) is 6.20 Å². The molecular weight excluding hydrogens is 250 g/mol. The van der Waals surface area contributed by atoms with Gasteiger partial charge < -0.3 is 5.32 Å². The third-order valence-electron chi connectivity index (χ3n) is 5.09. The molecule has 20 heavy (non-hydrogen) atoms. The van der Waals surface area contributed by atoms with Crippen LogP contribution in [0.1, 0.15) is 63.6 Å². The molecule has 1 saturated carbocycles. The quantitative estimate of drug-likeness (QED) is 0.898. The molecule has 1 unspecified atom stereocenters. The van der Waals surface area contributed by atoms with Gasteiger partial charge in [0.25, 0.3) is 0 Å². The fraction of sp³-hybridized carbons (Fsp3) is 0.750. The van der Waals surface area contributed by atoms with Crippen molar-refractivity contribution in [2.45, 2.75) is 69.9 Å². The van der Waals surface area contributed by atoms with Gasteiger partial charge in [-0.05, 0) is 44.7 Å². The minimum Gasteiger partial charge on any atom is -0.305 e. The largest absolute Gasteiger partial charge is 0.305 e. The maximum Gasteiger partial charge on any atom is 0.158 e. The smallest absolute Gasteiger partial charge is 0.158 e. The van der Waals surface area contributed by atoms with Crippen molar-refractivity contribution in [3.63, 3.8) is 0 Å². The monoisotopic (exact) mass is 275 g/mol. The number of carbonyl (C=O) groups is 1. The standard InChI is InChI=1S/C16H25N3O/c1-2-16(9-5-10-17-16)15(20)12-13-8-11-19(18-13)14-6-3-4-7-14/h8,11,14,17H,2-7,9-10,12H2,1H3. The average Bonchev–Trinajstić information content (AvgIpc) is 3.20. The predicted octanol–water partition coefficient (Wildman–Crippen LogP) is 2.64. The van der Waals surface area contributed by atoms with Gasteiger partial charge in [0.05, 0.1) is 23.7 Å². The number of nitrogens with one attached hydrogen (secondary N) is 1. The van der Waals surface area contributed by atoms with Crippen LogP contribution in [0, 0.1) is 0 Å². The van der Waals surface area contributed by atoms with Crippen LogP contribution in [0.2, 0.25) is 0 Å². The highest BCUT2D eigenvalue weighted by atomic mass is 16.1. The number of Topliss-reactive ketones (excluding diaryl/α,β-unsaturated/α-hetero) is 1. The van der Waals surface area contributed by atoms with Gasteiger partial charge >= 0.3 is 0 Å². The van der Waals surface area contributed by atoms with Crippen molar-refractivity contribution in [2.75, 3.05) is 6.54 Å². The van der Waals surface area contributed by atoms with Gasteiger partial charge in [-0.1, -0.05) is 19.8 Å². The van der Waals surface area contributed by atoms with Crippen LogP contribution in [-0.4, -0.2) is 27.6 Å². The van der Waals surface area contributed by atoms with Crippen molar-refractivity contribution >= 4 is 5.78 Å². The van der Waals surface area contributed by atoms with E-state index in [0.29, 0.717) is 18.2 Å². The Bertz CT molecular complexity index is 468. The lowest BCUT2D eigenvalue weighted by Gasteiger charge is -2.26. The summed E-state index contributed by atoms with van der Waals surface area (Å²) in [4.78, 5) is 12.6. The zero-order chi connectivity index (χ0) is 14.0. The highest BCUT2D eigenvalue weighted by Crippen LogP contribution is 2.29. The molecule has 1 atom stereocenters. The first-order valence-electron chi connectivity index (χ1n) is 8.06. The molecule has 3 rings (SSSR count). The Morgan fingerprint density at radius 2 is 2.25 bits per heavy atom. The number of hydrogen-bond donors (Lipinski definition) is 1. The van der Waals surface area contributed by atoms with Crippen LogP contribution >= 0.6 is 0 Å². The molecule has 1 N–H and O–H groups in total. The summed E-state index contributed by atoms with van der Waals surface area (Å²) in [6.45, 7) is 3.07. The van der Waals surface area contributed by atoms with Crippen LogP contribution in [0.5, 0.6) is 0 Å². The zero-order valence-corrected chi connectivity index (χ0v) is 12.4. The van der Waals surface area contributed by atoms with Crippen LogP contribution in [-0.2, 0) is 11.2 Å². The normalized spacial score (nSPS) is 27.2. The fourth-order valence-corrected chi connectivity index (χ4v) is 3.72. The Labute approximate surface area is 120 Å². The molecule has 1 aliphatic heterocycles. The lowest BCUT2D eigenvalue weighted by atomic mass is 9.87. The molecule has 0 spiro atoms. The molecule has 4 nitrogen and oxygen atoms in total. The van der Waals surface area contributed by atoms with E-state index in [1.807, 2.05) is 6.07 Å². The predicted molar refractivity (Wildman–Crippen MR) is 78.7 cm³/mol. The van der Waals surface area contributed by atoms with E-state index >= 15 is 0 Å². The van der Waals surface area contributed by atoms with E-state index in [1.165, 1.54) is 25.7 Å². The Morgan fingerprint density at radius 1 is 1.45 bits per heavy atom. The SMILES string of the molecule is CCC1(C(=O)Cc2ccn(C3CCCC3)n2)CCCN1. The molecule has 0 radical (unpaired) electrons. The molecule has 4 heteroatoms. The Hall–Kier alpha value is -1.16. The summed E-state index contributed by atoms with van der Waals surface area (Å²) < 4.78 is 2.08. The summed E-state index contributed by atoms with van der Waals surface area (Å²) in [5.74, 6) is 0.314. The van der Waals surface area contributed by atoms with Crippen LogP contribution in [0.25, 0.3) is 0 Å². The van der Waals surface area contributed by atoms with Gasteiger partial charge in [0.1, 0.15) is 0 Å². The number of rotatable bonds is 5. The van der Waals surface area contributed by atoms with E-state index in [2.05, 4.69) is 28.2 Å². The second-order valence-electron chi connectivity index (χ2n) is 6.29. The van der Waals surface area contributed by atoms with Gasteiger partial charge in [-0.3, -0.25) is 9.48 Å². The number of aromatic nitrogens is 2. The van der Waals surface area contributed by atoms with Crippen molar-refractivity contribution in [3.05, 3.63) is 18.0 Å². The van der Waals surface area contributed by atoms with E-state index < -0.39 is 0 Å². The Kier molecular flexibility index (Phi) is 3.92. The van der Waals surface area contributed by atoms with Gasteiger partial charge in [-0.2, -0.15) is 5.10 Å². The van der Waals surface area contributed by atoms with Crippen molar-refractivity contribution in [1.29, 1.82) is 0 Å². The van der Waals surface area contributed by atoms with Crippen molar-refractivity contribution in [1.82, 2.24) is 15.1 Å². The molecule has 2 fully saturated rings. The lowest BCUT2D eigenvalue weighted by molar-refractivity contribution is -0.124. The van der Waals surface area contributed by atoms with Crippen molar-refractivity contribution in [3.8, 4) is 0 Å². The molecule has 1 aliphatic carbocycles. The fourth-order valence-electron chi connectivity index (χ4n) is 3.72. The second kappa shape index (κ2) is 5.68. The maximum absolute atomic E-state index is 12.6. The zero-order valence-electron chi connectivity index (χ0n) is 12.4. The van der Waals surface area contributed by atoms with Gasteiger partial charge in [0.2, 0.25) is 0 Å². The maximum atomic E-state index is 12.6. The van der Waals surface area contributed by atoms with Crippen LogP contribution in [0.4, 0.5) is 0 Å². The first-order chi connectivity index (χ1) is 9.73. The second-order valence-corrected chi connectivity index (χ2v) is 6.29. The first kappa shape index (κ1) is 13.8.